The molecule has 0 saturated heterocycles. The van der Waals surface area contributed by atoms with Crippen molar-refractivity contribution in [1.29, 1.82) is 0 Å². The molecule has 0 radical (unpaired) electrons. The van der Waals surface area contributed by atoms with E-state index in [9.17, 15) is 31.2 Å². The van der Waals surface area contributed by atoms with E-state index in [1.807, 2.05) is 0 Å². The second-order valence-corrected chi connectivity index (χ2v) is 8.05. The Bertz CT molecular complexity index is 1120. The number of benzene rings is 1. The molecule has 2 aromatic rings. The van der Waals surface area contributed by atoms with Crippen LogP contribution < -0.4 is 5.01 Å². The summed E-state index contributed by atoms with van der Waals surface area (Å²) in [5.41, 5.74) is -1.48. The van der Waals surface area contributed by atoms with Crippen molar-refractivity contribution in [2.75, 3.05) is 18.3 Å². The van der Waals surface area contributed by atoms with Crippen molar-refractivity contribution in [3.63, 3.8) is 0 Å². The Morgan fingerprint density at radius 1 is 1.25 bits per heavy atom. The summed E-state index contributed by atoms with van der Waals surface area (Å²) in [6.07, 6.45) is -2.83. The van der Waals surface area contributed by atoms with Gasteiger partial charge in [-0.15, -0.1) is 5.10 Å². The molecule has 1 aromatic carbocycles. The number of aromatic nitrogens is 3. The third-order valence-corrected chi connectivity index (χ3v) is 5.33. The Kier molecular flexibility index (Phi) is 4.41. The van der Waals surface area contributed by atoms with Crippen molar-refractivity contribution in [3.8, 4) is 0 Å². The molecule has 148 valence electrons. The minimum Gasteiger partial charge on any atom is -0.287 e. The molecule has 0 bridgehead atoms. The highest BCUT2D eigenvalue weighted by atomic mass is 32.2. The van der Waals surface area contributed by atoms with Gasteiger partial charge in [-0.1, -0.05) is 12.6 Å². The quantitative estimate of drug-likeness (QED) is 0.699. The summed E-state index contributed by atoms with van der Waals surface area (Å²) < 4.78 is 63.5. The van der Waals surface area contributed by atoms with Crippen molar-refractivity contribution in [2.24, 2.45) is 0 Å². The van der Waals surface area contributed by atoms with Crippen LogP contribution in [-0.2, 0) is 25.6 Å². The molecule has 1 atom stereocenters. The van der Waals surface area contributed by atoms with Gasteiger partial charge >= 0.3 is 12.1 Å². The highest BCUT2D eigenvalue weighted by molar-refractivity contribution is 7.90. The number of amides is 1. The van der Waals surface area contributed by atoms with Gasteiger partial charge in [0.2, 0.25) is 5.78 Å². The fourth-order valence-electron chi connectivity index (χ4n) is 2.86. The van der Waals surface area contributed by atoms with E-state index in [0.29, 0.717) is 18.4 Å². The zero-order valence-corrected chi connectivity index (χ0v) is 15.4. The number of likely N-dealkylation sites (N-methyl/N-ethyl adjacent to an activating group) is 1. The lowest BCUT2D eigenvalue weighted by molar-refractivity contribution is -0.138. The van der Waals surface area contributed by atoms with Crippen LogP contribution >= 0.6 is 0 Å². The summed E-state index contributed by atoms with van der Waals surface area (Å²) in [5.74, 6) is -3.63. The number of rotatable bonds is 3. The number of hydrogen-bond acceptors (Lipinski definition) is 6. The zero-order valence-electron chi connectivity index (χ0n) is 14.6. The molecular formula is C16H13F3N4O4S. The zero-order chi connectivity index (χ0) is 21.0. The smallest absolute Gasteiger partial charge is 0.287 e. The number of carbonyl (C=O) groups excluding carboxylic acids is 2. The molecule has 1 aliphatic heterocycles. The van der Waals surface area contributed by atoms with Crippen molar-refractivity contribution < 1.29 is 31.2 Å². The van der Waals surface area contributed by atoms with Gasteiger partial charge in [0, 0.05) is 13.3 Å². The monoisotopic (exact) mass is 414 g/mol. The molecule has 1 unspecified atom stereocenters. The van der Waals surface area contributed by atoms with Crippen molar-refractivity contribution in [2.45, 2.75) is 17.0 Å². The van der Waals surface area contributed by atoms with Crippen LogP contribution in [0.25, 0.3) is 6.08 Å². The fourth-order valence-corrected chi connectivity index (χ4v) is 3.81. The summed E-state index contributed by atoms with van der Waals surface area (Å²) in [4.78, 5) is 29.3. The summed E-state index contributed by atoms with van der Waals surface area (Å²) in [5, 5.41) is 4.84. The molecule has 1 aliphatic rings. The first-order valence-corrected chi connectivity index (χ1v) is 9.58. The normalized spacial score (nSPS) is 17.6. The summed E-state index contributed by atoms with van der Waals surface area (Å²) in [6, 6.07) is 1.96. The molecule has 2 heterocycles. The Morgan fingerprint density at radius 2 is 1.89 bits per heavy atom. The number of sulfone groups is 1. The minimum absolute atomic E-state index is 0.0576. The van der Waals surface area contributed by atoms with Crippen LogP contribution in [0, 0.1) is 0 Å². The Labute approximate surface area is 157 Å². The number of fused-ring (bicyclic) bond motifs is 1. The first-order valence-electron chi connectivity index (χ1n) is 7.69. The molecule has 0 aliphatic carbocycles. The van der Waals surface area contributed by atoms with Gasteiger partial charge in [-0.25, -0.2) is 18.4 Å². The van der Waals surface area contributed by atoms with E-state index in [1.54, 1.807) is 0 Å². The molecule has 0 spiro atoms. The van der Waals surface area contributed by atoms with Gasteiger partial charge in [0.15, 0.2) is 21.5 Å². The predicted molar refractivity (Wildman–Crippen MR) is 90.7 cm³/mol. The number of carbonyl (C=O) groups is 2. The van der Waals surface area contributed by atoms with E-state index in [-0.39, 0.29) is 17.2 Å². The highest BCUT2D eigenvalue weighted by Gasteiger charge is 2.43. The van der Waals surface area contributed by atoms with E-state index >= 15 is 0 Å². The van der Waals surface area contributed by atoms with Crippen LogP contribution in [0.15, 0.2) is 29.7 Å². The standard InChI is InChI=1S/C16H13F3N4O4S/c1-4-11-20-14-12(13(24)15(25)22(2)23(14)21-11)9-6-5-8(16(17,18)19)7-10(9)28(3,26)27/h4-7,12H,1H2,2-3H3. The average Bonchev–Trinajstić information content (AvgIpc) is 3.02. The van der Waals surface area contributed by atoms with Crippen LogP contribution in [-0.4, -0.2) is 48.3 Å². The lowest BCUT2D eigenvalue weighted by Crippen LogP contribution is -2.50. The van der Waals surface area contributed by atoms with Crippen molar-refractivity contribution in [1.82, 2.24) is 14.9 Å². The van der Waals surface area contributed by atoms with Crippen LogP contribution in [0.2, 0.25) is 0 Å². The van der Waals surface area contributed by atoms with E-state index < -0.39 is 44.1 Å². The van der Waals surface area contributed by atoms with Crippen LogP contribution in [0.5, 0.6) is 0 Å². The number of ketones is 1. The SMILES string of the molecule is C=Cc1nc2n(n1)N(C)C(=O)C(=O)C2c1ccc(C(F)(F)F)cc1S(C)(=O)=O. The van der Waals surface area contributed by atoms with E-state index in [2.05, 4.69) is 16.7 Å². The van der Waals surface area contributed by atoms with Crippen molar-refractivity contribution >= 4 is 27.6 Å². The van der Waals surface area contributed by atoms with Crippen LogP contribution in [0.4, 0.5) is 13.2 Å². The second kappa shape index (κ2) is 6.26. The Balaban J connectivity index is 2.32. The van der Waals surface area contributed by atoms with Gasteiger partial charge < -0.3 is 0 Å². The third-order valence-electron chi connectivity index (χ3n) is 4.17. The highest BCUT2D eigenvalue weighted by Crippen LogP contribution is 2.37. The van der Waals surface area contributed by atoms with E-state index in [1.165, 1.54) is 13.1 Å². The molecule has 0 saturated carbocycles. The number of nitrogens with zero attached hydrogens (tertiary/aromatic N) is 4. The first-order chi connectivity index (χ1) is 12.9. The fraction of sp³-hybridized carbons (Fsp3) is 0.250. The number of halogens is 3. The number of hydrogen-bond donors (Lipinski definition) is 0. The Hall–Kier alpha value is -3.02. The van der Waals surface area contributed by atoms with Gasteiger partial charge in [0.1, 0.15) is 5.92 Å². The molecule has 28 heavy (non-hydrogen) atoms. The maximum absolute atomic E-state index is 13.0. The molecule has 1 aromatic heterocycles. The largest absolute Gasteiger partial charge is 0.416 e. The van der Waals surface area contributed by atoms with Gasteiger partial charge in [0.05, 0.1) is 10.5 Å². The third kappa shape index (κ3) is 3.09. The summed E-state index contributed by atoms with van der Waals surface area (Å²) >= 11 is 0. The second-order valence-electron chi connectivity index (χ2n) is 6.07. The summed E-state index contributed by atoms with van der Waals surface area (Å²) in [7, 11) is -2.92. The van der Waals surface area contributed by atoms with Crippen LogP contribution in [0.1, 0.15) is 28.7 Å². The molecule has 0 fully saturated rings. The molecule has 8 nitrogen and oxygen atoms in total. The van der Waals surface area contributed by atoms with Gasteiger partial charge in [0.25, 0.3) is 0 Å². The number of Topliss-reactive ketones (excluding diaryl/α,β-unsaturated/α-hetero) is 1. The van der Waals surface area contributed by atoms with E-state index in [0.717, 1.165) is 15.9 Å². The first kappa shape index (κ1) is 19.7. The predicted octanol–water partition coefficient (Wildman–Crippen LogP) is 1.15. The lowest BCUT2D eigenvalue weighted by Gasteiger charge is -2.28. The van der Waals surface area contributed by atoms with E-state index in [4.69, 9.17) is 0 Å². The van der Waals surface area contributed by atoms with Gasteiger partial charge in [-0.2, -0.15) is 18.0 Å². The average molecular weight is 414 g/mol. The van der Waals surface area contributed by atoms with Crippen LogP contribution in [0.3, 0.4) is 0 Å². The minimum atomic E-state index is -4.79. The molecule has 1 amide bonds. The van der Waals surface area contributed by atoms with Gasteiger partial charge in [-0.05, 0) is 23.8 Å². The lowest BCUT2D eigenvalue weighted by atomic mass is 9.91. The Morgan fingerprint density at radius 3 is 2.43 bits per heavy atom. The topological polar surface area (TPSA) is 102 Å². The number of alkyl halides is 3. The molecule has 3 rings (SSSR count). The molecule has 0 N–H and O–H groups in total. The molecule has 12 heteroatoms. The van der Waals surface area contributed by atoms with Crippen molar-refractivity contribution in [3.05, 3.63) is 47.6 Å². The summed E-state index contributed by atoms with van der Waals surface area (Å²) in [6.45, 7) is 3.48. The maximum Gasteiger partial charge on any atom is 0.416 e. The molecular weight excluding hydrogens is 401 g/mol. The maximum atomic E-state index is 13.0. The van der Waals surface area contributed by atoms with Gasteiger partial charge in [-0.3, -0.25) is 9.59 Å².